The van der Waals surface area contributed by atoms with Gasteiger partial charge in [-0.05, 0) is 85.3 Å². The lowest BCUT2D eigenvalue weighted by molar-refractivity contribution is 1.61. The molecule has 162 valence electrons. The van der Waals surface area contributed by atoms with Crippen molar-refractivity contribution in [1.29, 1.82) is 0 Å². The topological polar surface area (TPSA) is 0 Å². The Balaban J connectivity index is 1.80. The molecule has 0 aliphatic heterocycles. The van der Waals surface area contributed by atoms with Crippen LogP contribution in [-0.4, -0.2) is 0 Å². The van der Waals surface area contributed by atoms with E-state index in [1.54, 1.807) is 0 Å². The van der Waals surface area contributed by atoms with Crippen LogP contribution in [0.4, 0.5) is 0 Å². The summed E-state index contributed by atoms with van der Waals surface area (Å²) in [5.74, 6) is 0. The molecule has 0 bridgehead atoms. The van der Waals surface area contributed by atoms with Gasteiger partial charge in [-0.25, -0.2) is 0 Å². The highest BCUT2D eigenvalue weighted by Gasteiger charge is 2.17. The first-order valence-corrected chi connectivity index (χ1v) is 12.8. The van der Waals surface area contributed by atoms with Gasteiger partial charge in [0.1, 0.15) is 0 Å². The summed E-state index contributed by atoms with van der Waals surface area (Å²) in [6.45, 7) is 0. The molecule has 0 atom stereocenters. The van der Waals surface area contributed by atoms with Gasteiger partial charge in [0, 0.05) is 8.95 Å². The number of hydrogen-bond acceptors (Lipinski definition) is 0. The minimum absolute atomic E-state index is 1.08. The average molecular weight is 564 g/mol. The van der Waals surface area contributed by atoms with E-state index in [4.69, 9.17) is 0 Å². The molecule has 6 aromatic rings. The normalized spacial score (nSPS) is 11.2. The third-order valence-electron chi connectivity index (χ3n) is 6.36. The first-order chi connectivity index (χ1) is 16.7. The summed E-state index contributed by atoms with van der Waals surface area (Å²) in [6.07, 6.45) is 0. The predicted octanol–water partition coefficient (Wildman–Crippen LogP) is 10.5. The highest BCUT2D eigenvalue weighted by Crippen LogP contribution is 2.45. The summed E-state index contributed by atoms with van der Waals surface area (Å²) in [5.41, 5.74) is 7.40. The Morgan fingerprint density at radius 1 is 0.324 bits per heavy atom. The van der Waals surface area contributed by atoms with Gasteiger partial charge in [-0.15, -0.1) is 0 Å². The molecule has 0 saturated heterocycles. The smallest absolute Gasteiger partial charge is 0.0181 e. The summed E-state index contributed by atoms with van der Waals surface area (Å²) >= 11 is 7.38. The molecule has 0 spiro atoms. The van der Waals surface area contributed by atoms with Crippen molar-refractivity contribution in [2.45, 2.75) is 0 Å². The molecular formula is C32H20Br2. The molecule has 0 fully saturated rings. The lowest BCUT2D eigenvalue weighted by Crippen LogP contribution is -1.92. The van der Waals surface area contributed by atoms with Gasteiger partial charge < -0.3 is 0 Å². The SMILES string of the molecule is Brc1cccc(-c2c3ccccc3c(-c3cccc(Br)c3)c3cc(-c4ccccc4)ccc23)c1. The maximum atomic E-state index is 3.69. The van der Waals surface area contributed by atoms with Crippen molar-refractivity contribution in [1.82, 2.24) is 0 Å². The Bertz CT molecular complexity index is 1670. The van der Waals surface area contributed by atoms with Gasteiger partial charge in [0.25, 0.3) is 0 Å². The second kappa shape index (κ2) is 8.87. The fraction of sp³-hybridized carbons (Fsp3) is 0. The molecule has 6 aromatic carbocycles. The van der Waals surface area contributed by atoms with E-state index in [1.165, 1.54) is 54.9 Å². The number of hydrogen-bond donors (Lipinski definition) is 0. The third-order valence-corrected chi connectivity index (χ3v) is 7.34. The Kier molecular flexibility index (Phi) is 5.57. The molecule has 0 aliphatic carbocycles. The first kappa shape index (κ1) is 21.3. The minimum Gasteiger partial charge on any atom is -0.0622 e. The molecule has 0 amide bonds. The van der Waals surface area contributed by atoms with Crippen molar-refractivity contribution < 1.29 is 0 Å². The van der Waals surface area contributed by atoms with Crippen LogP contribution in [0.2, 0.25) is 0 Å². The summed E-state index contributed by atoms with van der Waals surface area (Å²) in [6, 6.07) is 43.5. The molecule has 0 saturated carbocycles. The van der Waals surface area contributed by atoms with Crippen LogP contribution in [0.5, 0.6) is 0 Å². The number of rotatable bonds is 3. The molecular weight excluding hydrogens is 544 g/mol. The average Bonchev–Trinajstić information content (AvgIpc) is 2.87. The maximum Gasteiger partial charge on any atom is 0.0181 e. The van der Waals surface area contributed by atoms with Crippen LogP contribution < -0.4 is 0 Å². The third kappa shape index (κ3) is 3.77. The van der Waals surface area contributed by atoms with Crippen LogP contribution in [0.1, 0.15) is 0 Å². The molecule has 0 aromatic heterocycles. The van der Waals surface area contributed by atoms with Crippen molar-refractivity contribution in [3.8, 4) is 33.4 Å². The van der Waals surface area contributed by atoms with Gasteiger partial charge in [0.05, 0.1) is 0 Å². The molecule has 6 rings (SSSR count). The summed E-state index contributed by atoms with van der Waals surface area (Å²) in [4.78, 5) is 0. The highest BCUT2D eigenvalue weighted by molar-refractivity contribution is 9.10. The van der Waals surface area contributed by atoms with Crippen molar-refractivity contribution >= 4 is 53.4 Å². The second-order valence-electron chi connectivity index (χ2n) is 8.44. The zero-order valence-electron chi connectivity index (χ0n) is 18.3. The maximum absolute atomic E-state index is 3.69. The monoisotopic (exact) mass is 562 g/mol. The lowest BCUT2D eigenvalue weighted by atomic mass is 9.85. The number of fused-ring (bicyclic) bond motifs is 2. The van der Waals surface area contributed by atoms with E-state index in [0.29, 0.717) is 0 Å². The summed E-state index contributed by atoms with van der Waals surface area (Å²) in [7, 11) is 0. The van der Waals surface area contributed by atoms with Crippen LogP contribution in [-0.2, 0) is 0 Å². The number of halogens is 2. The summed E-state index contributed by atoms with van der Waals surface area (Å²) < 4.78 is 2.16. The van der Waals surface area contributed by atoms with Gasteiger partial charge in [-0.3, -0.25) is 0 Å². The van der Waals surface area contributed by atoms with Gasteiger partial charge in [-0.1, -0.05) is 123 Å². The van der Waals surface area contributed by atoms with Crippen molar-refractivity contribution in [3.05, 3.63) is 130 Å². The molecule has 0 nitrogen and oxygen atoms in total. The van der Waals surface area contributed by atoms with E-state index in [9.17, 15) is 0 Å². The molecule has 34 heavy (non-hydrogen) atoms. The Morgan fingerprint density at radius 3 is 1.41 bits per heavy atom. The van der Waals surface area contributed by atoms with E-state index < -0.39 is 0 Å². The Labute approximate surface area is 216 Å². The van der Waals surface area contributed by atoms with Crippen LogP contribution in [0.25, 0.3) is 54.9 Å². The first-order valence-electron chi connectivity index (χ1n) is 11.2. The fourth-order valence-electron chi connectivity index (χ4n) is 4.90. The highest BCUT2D eigenvalue weighted by atomic mass is 79.9. The largest absolute Gasteiger partial charge is 0.0622 e. The van der Waals surface area contributed by atoms with Crippen LogP contribution in [0.15, 0.2) is 130 Å². The van der Waals surface area contributed by atoms with E-state index in [-0.39, 0.29) is 0 Å². The van der Waals surface area contributed by atoms with Crippen molar-refractivity contribution in [3.63, 3.8) is 0 Å². The van der Waals surface area contributed by atoms with Crippen LogP contribution in [0, 0.1) is 0 Å². The molecule has 0 heterocycles. The van der Waals surface area contributed by atoms with Crippen molar-refractivity contribution in [2.24, 2.45) is 0 Å². The zero-order chi connectivity index (χ0) is 23.1. The molecule has 0 aliphatic rings. The minimum atomic E-state index is 1.08. The van der Waals surface area contributed by atoms with Gasteiger partial charge in [0.15, 0.2) is 0 Å². The Hall–Kier alpha value is -3.20. The van der Waals surface area contributed by atoms with Gasteiger partial charge >= 0.3 is 0 Å². The van der Waals surface area contributed by atoms with Gasteiger partial charge in [0.2, 0.25) is 0 Å². The van der Waals surface area contributed by atoms with E-state index in [2.05, 4.69) is 153 Å². The van der Waals surface area contributed by atoms with Crippen LogP contribution in [0.3, 0.4) is 0 Å². The fourth-order valence-corrected chi connectivity index (χ4v) is 5.70. The van der Waals surface area contributed by atoms with E-state index >= 15 is 0 Å². The van der Waals surface area contributed by atoms with Crippen molar-refractivity contribution in [2.75, 3.05) is 0 Å². The molecule has 0 unspecified atom stereocenters. The molecule has 2 heteroatoms. The Morgan fingerprint density at radius 2 is 0.824 bits per heavy atom. The van der Waals surface area contributed by atoms with E-state index in [0.717, 1.165) is 8.95 Å². The quantitative estimate of drug-likeness (QED) is 0.188. The zero-order valence-corrected chi connectivity index (χ0v) is 21.5. The van der Waals surface area contributed by atoms with Crippen LogP contribution >= 0.6 is 31.9 Å². The lowest BCUT2D eigenvalue weighted by Gasteiger charge is -2.19. The molecule has 0 radical (unpaired) electrons. The predicted molar refractivity (Wildman–Crippen MR) is 153 cm³/mol. The van der Waals surface area contributed by atoms with E-state index in [1.807, 2.05) is 0 Å². The number of benzene rings is 6. The van der Waals surface area contributed by atoms with Gasteiger partial charge in [-0.2, -0.15) is 0 Å². The summed E-state index contributed by atoms with van der Waals surface area (Å²) in [5, 5.41) is 5.03. The molecule has 0 N–H and O–H groups in total. The second-order valence-corrected chi connectivity index (χ2v) is 10.3. The standard InChI is InChI=1S/C32H20Br2/c33-25-12-6-10-23(18-25)31-27-14-4-5-15-28(27)32(24-11-7-13-26(34)19-24)30-20-22(16-17-29(30)31)21-8-2-1-3-9-21/h1-20H.